The molecular formula is C18H23N3O2. The van der Waals surface area contributed by atoms with E-state index in [4.69, 9.17) is 4.74 Å². The van der Waals surface area contributed by atoms with Crippen LogP contribution < -0.4 is 10.1 Å². The zero-order chi connectivity index (χ0) is 16.2. The summed E-state index contributed by atoms with van der Waals surface area (Å²) in [6.45, 7) is 5.45. The van der Waals surface area contributed by atoms with Crippen LogP contribution >= 0.6 is 0 Å². The molecule has 1 aliphatic rings. The van der Waals surface area contributed by atoms with Crippen LogP contribution in [-0.2, 0) is 13.0 Å². The molecule has 0 bridgehead atoms. The largest absolute Gasteiger partial charge is 0.494 e. The lowest BCUT2D eigenvalue weighted by molar-refractivity contribution is 0.0938. The van der Waals surface area contributed by atoms with Crippen LogP contribution in [0, 0.1) is 0 Å². The van der Waals surface area contributed by atoms with Crippen molar-refractivity contribution in [1.82, 2.24) is 15.1 Å². The van der Waals surface area contributed by atoms with Crippen molar-refractivity contribution in [3.05, 3.63) is 47.3 Å². The van der Waals surface area contributed by atoms with E-state index in [2.05, 4.69) is 10.4 Å². The molecule has 1 aromatic carbocycles. The van der Waals surface area contributed by atoms with Crippen LogP contribution in [0.1, 0.15) is 54.3 Å². The van der Waals surface area contributed by atoms with Crippen LogP contribution in [0.15, 0.2) is 30.5 Å². The molecule has 122 valence electrons. The minimum absolute atomic E-state index is 0.0630. The van der Waals surface area contributed by atoms with Gasteiger partial charge in [0.1, 0.15) is 5.75 Å². The number of aromatic nitrogens is 2. The number of benzene rings is 1. The average molecular weight is 313 g/mol. The third kappa shape index (κ3) is 3.23. The summed E-state index contributed by atoms with van der Waals surface area (Å²) < 4.78 is 7.61. The highest BCUT2D eigenvalue weighted by molar-refractivity contribution is 5.95. The summed E-state index contributed by atoms with van der Waals surface area (Å²) >= 11 is 0. The van der Waals surface area contributed by atoms with Gasteiger partial charge in [0.25, 0.3) is 5.91 Å². The molecule has 1 aliphatic heterocycles. The molecule has 0 radical (unpaired) electrons. The van der Waals surface area contributed by atoms with Gasteiger partial charge in [-0.3, -0.25) is 9.48 Å². The zero-order valence-electron chi connectivity index (χ0n) is 13.7. The number of carbonyl (C=O) groups is 1. The fourth-order valence-corrected chi connectivity index (χ4v) is 3.09. The number of hydrogen-bond acceptors (Lipinski definition) is 3. The number of carbonyl (C=O) groups excluding carboxylic acids is 1. The summed E-state index contributed by atoms with van der Waals surface area (Å²) in [5, 5.41) is 7.41. The van der Waals surface area contributed by atoms with Crippen LogP contribution in [0.25, 0.3) is 0 Å². The third-order valence-electron chi connectivity index (χ3n) is 4.26. The summed E-state index contributed by atoms with van der Waals surface area (Å²) in [6, 6.07) is 7.70. The fraction of sp³-hybridized carbons (Fsp3) is 0.444. The molecule has 5 heteroatoms. The smallest absolute Gasteiger partial charge is 0.255 e. The Hall–Kier alpha value is -2.30. The highest BCUT2D eigenvalue weighted by Crippen LogP contribution is 2.25. The first-order valence-electron chi connectivity index (χ1n) is 8.28. The Kier molecular flexibility index (Phi) is 4.65. The standard InChI is InChI=1S/C18H23N3O2/c1-3-23-17-10-5-4-8-14(17)13(2)20-18(22)15-12-19-21-11-7-6-9-16(15)21/h4-5,8,10,12-13H,3,6-7,9,11H2,1-2H3,(H,20,22)/t13-/m0/s1. The molecule has 0 saturated carbocycles. The second-order valence-corrected chi connectivity index (χ2v) is 5.85. The molecule has 0 aliphatic carbocycles. The van der Waals surface area contributed by atoms with Crippen LogP contribution in [0.3, 0.4) is 0 Å². The van der Waals surface area contributed by atoms with Gasteiger partial charge < -0.3 is 10.1 Å². The van der Waals surface area contributed by atoms with Crippen LogP contribution in [0.5, 0.6) is 5.75 Å². The van der Waals surface area contributed by atoms with Gasteiger partial charge in [-0.2, -0.15) is 5.10 Å². The number of ether oxygens (including phenoxy) is 1. The van der Waals surface area contributed by atoms with Gasteiger partial charge in [-0.05, 0) is 39.2 Å². The van der Waals surface area contributed by atoms with Gasteiger partial charge in [-0.25, -0.2) is 0 Å². The van der Waals surface area contributed by atoms with E-state index in [0.717, 1.165) is 42.8 Å². The van der Waals surface area contributed by atoms with Crippen molar-refractivity contribution in [1.29, 1.82) is 0 Å². The SMILES string of the molecule is CCOc1ccccc1[C@H](C)NC(=O)c1cnn2c1CCCC2. The summed E-state index contributed by atoms with van der Waals surface area (Å²) in [6.07, 6.45) is 4.87. The van der Waals surface area contributed by atoms with Crippen molar-refractivity contribution >= 4 is 5.91 Å². The van der Waals surface area contributed by atoms with Gasteiger partial charge in [0.15, 0.2) is 0 Å². The maximum absolute atomic E-state index is 12.6. The Morgan fingerprint density at radius 3 is 3.04 bits per heavy atom. The van der Waals surface area contributed by atoms with Crippen LogP contribution in [0.2, 0.25) is 0 Å². The van der Waals surface area contributed by atoms with Crippen LogP contribution in [0.4, 0.5) is 0 Å². The van der Waals surface area contributed by atoms with Crippen molar-refractivity contribution in [2.45, 2.75) is 45.7 Å². The monoisotopic (exact) mass is 313 g/mol. The minimum Gasteiger partial charge on any atom is -0.494 e. The maximum atomic E-state index is 12.6. The van der Waals surface area contributed by atoms with Crippen LogP contribution in [-0.4, -0.2) is 22.3 Å². The topological polar surface area (TPSA) is 56.1 Å². The third-order valence-corrected chi connectivity index (χ3v) is 4.26. The Morgan fingerprint density at radius 1 is 1.39 bits per heavy atom. The number of amides is 1. The lowest BCUT2D eigenvalue weighted by Crippen LogP contribution is -2.28. The van der Waals surface area contributed by atoms with Crippen molar-refractivity contribution in [3.8, 4) is 5.75 Å². The summed E-state index contributed by atoms with van der Waals surface area (Å²) in [7, 11) is 0. The molecule has 1 aromatic heterocycles. The number of aryl methyl sites for hydroxylation is 1. The Labute approximate surface area is 136 Å². The molecule has 0 fully saturated rings. The molecule has 0 spiro atoms. The second-order valence-electron chi connectivity index (χ2n) is 5.85. The first-order chi connectivity index (χ1) is 11.2. The van der Waals surface area contributed by atoms with Gasteiger partial charge in [-0.15, -0.1) is 0 Å². The predicted octanol–water partition coefficient (Wildman–Crippen LogP) is 3.11. The molecule has 3 rings (SSSR count). The van der Waals surface area contributed by atoms with E-state index in [0.29, 0.717) is 12.2 Å². The first-order valence-corrected chi connectivity index (χ1v) is 8.28. The summed E-state index contributed by atoms with van der Waals surface area (Å²) in [5.41, 5.74) is 2.74. The van der Waals surface area contributed by atoms with E-state index in [1.807, 2.05) is 42.8 Å². The van der Waals surface area contributed by atoms with Gasteiger partial charge in [-0.1, -0.05) is 18.2 Å². The Balaban J connectivity index is 1.76. The molecule has 2 heterocycles. The highest BCUT2D eigenvalue weighted by atomic mass is 16.5. The first kappa shape index (κ1) is 15.6. The maximum Gasteiger partial charge on any atom is 0.255 e. The van der Waals surface area contributed by atoms with E-state index >= 15 is 0 Å². The number of nitrogens with one attached hydrogen (secondary N) is 1. The lowest BCUT2D eigenvalue weighted by Gasteiger charge is -2.19. The van der Waals surface area contributed by atoms with Gasteiger partial charge in [0, 0.05) is 12.1 Å². The number of nitrogens with zero attached hydrogens (tertiary/aromatic N) is 2. The van der Waals surface area contributed by atoms with Crippen molar-refractivity contribution in [2.24, 2.45) is 0 Å². The minimum atomic E-state index is -0.121. The molecular weight excluding hydrogens is 290 g/mol. The Bertz CT molecular complexity index is 693. The van der Waals surface area contributed by atoms with E-state index in [-0.39, 0.29) is 11.9 Å². The number of para-hydroxylation sites is 1. The molecule has 0 unspecified atom stereocenters. The van der Waals surface area contributed by atoms with Gasteiger partial charge in [0.2, 0.25) is 0 Å². The molecule has 2 aromatic rings. The van der Waals surface area contributed by atoms with E-state index in [9.17, 15) is 4.79 Å². The predicted molar refractivity (Wildman–Crippen MR) is 88.7 cm³/mol. The second kappa shape index (κ2) is 6.86. The molecule has 1 amide bonds. The van der Waals surface area contributed by atoms with Crippen molar-refractivity contribution in [3.63, 3.8) is 0 Å². The number of rotatable bonds is 5. The molecule has 5 nitrogen and oxygen atoms in total. The van der Waals surface area contributed by atoms with E-state index in [1.54, 1.807) is 6.20 Å². The average Bonchev–Trinajstić information content (AvgIpc) is 2.99. The Morgan fingerprint density at radius 2 is 2.22 bits per heavy atom. The molecule has 1 atom stereocenters. The quantitative estimate of drug-likeness (QED) is 0.923. The number of hydrogen-bond donors (Lipinski definition) is 1. The summed E-state index contributed by atoms with van der Waals surface area (Å²) in [4.78, 5) is 12.6. The lowest BCUT2D eigenvalue weighted by atomic mass is 10.0. The number of fused-ring (bicyclic) bond motifs is 1. The molecule has 1 N–H and O–H groups in total. The highest BCUT2D eigenvalue weighted by Gasteiger charge is 2.22. The van der Waals surface area contributed by atoms with Crippen molar-refractivity contribution in [2.75, 3.05) is 6.61 Å². The fourth-order valence-electron chi connectivity index (χ4n) is 3.09. The molecule has 23 heavy (non-hydrogen) atoms. The zero-order valence-corrected chi connectivity index (χ0v) is 13.7. The van der Waals surface area contributed by atoms with E-state index in [1.165, 1.54) is 0 Å². The van der Waals surface area contributed by atoms with Gasteiger partial charge >= 0.3 is 0 Å². The molecule has 0 saturated heterocycles. The van der Waals surface area contributed by atoms with Gasteiger partial charge in [0.05, 0.1) is 30.1 Å². The van der Waals surface area contributed by atoms with Crippen molar-refractivity contribution < 1.29 is 9.53 Å². The normalized spacial score (nSPS) is 14.9. The summed E-state index contributed by atoms with van der Waals surface area (Å²) in [5.74, 6) is 0.756. The van der Waals surface area contributed by atoms with E-state index < -0.39 is 0 Å².